The van der Waals surface area contributed by atoms with Gasteiger partial charge < -0.3 is 15.8 Å². The van der Waals surface area contributed by atoms with E-state index >= 15 is 0 Å². The van der Waals surface area contributed by atoms with Gasteiger partial charge in [0, 0.05) is 23.7 Å². The monoisotopic (exact) mass is 455 g/mol. The molecule has 0 spiro atoms. The Morgan fingerprint density at radius 1 is 1.06 bits per heavy atom. The Labute approximate surface area is 189 Å². The first-order chi connectivity index (χ1) is 15.8. The van der Waals surface area contributed by atoms with Crippen LogP contribution in [0.25, 0.3) is 11.3 Å². The second-order valence-electron chi connectivity index (χ2n) is 8.08. The van der Waals surface area contributed by atoms with Crippen molar-refractivity contribution in [1.29, 1.82) is 0 Å². The van der Waals surface area contributed by atoms with Crippen LogP contribution in [-0.2, 0) is 12.7 Å². The molecule has 4 rings (SSSR count). The summed E-state index contributed by atoms with van der Waals surface area (Å²) in [5.74, 6) is 0.236. The zero-order valence-electron chi connectivity index (χ0n) is 17.9. The molecule has 0 aliphatic heterocycles. The molecule has 2 aromatic carbocycles. The molecule has 3 N–H and O–H groups in total. The van der Waals surface area contributed by atoms with Crippen LogP contribution in [0.1, 0.15) is 47.3 Å². The number of primary amides is 1. The smallest absolute Gasteiger partial charge is 0.416 e. The van der Waals surface area contributed by atoms with Gasteiger partial charge in [-0.3, -0.25) is 4.79 Å². The number of alkyl halides is 3. The minimum absolute atomic E-state index is 0.164. The van der Waals surface area contributed by atoms with Gasteiger partial charge in [-0.25, -0.2) is 4.98 Å². The third-order valence-corrected chi connectivity index (χ3v) is 5.70. The van der Waals surface area contributed by atoms with Gasteiger partial charge in [0.1, 0.15) is 17.2 Å². The molecule has 0 bridgehead atoms. The van der Waals surface area contributed by atoms with Crippen molar-refractivity contribution in [3.05, 3.63) is 77.5 Å². The quantitative estimate of drug-likeness (QED) is 0.480. The second-order valence-corrected chi connectivity index (χ2v) is 8.08. The second kappa shape index (κ2) is 9.62. The molecule has 1 fully saturated rings. The van der Waals surface area contributed by atoms with E-state index in [9.17, 15) is 18.0 Å². The van der Waals surface area contributed by atoms with Gasteiger partial charge in [-0.1, -0.05) is 18.9 Å². The van der Waals surface area contributed by atoms with Gasteiger partial charge in [-0.05, 0) is 67.4 Å². The molecule has 0 unspecified atom stereocenters. The van der Waals surface area contributed by atoms with Crippen LogP contribution in [0.15, 0.2) is 60.7 Å². The molecule has 1 aliphatic rings. The fourth-order valence-corrected chi connectivity index (χ4v) is 3.93. The number of amides is 1. The third-order valence-electron chi connectivity index (χ3n) is 5.70. The summed E-state index contributed by atoms with van der Waals surface area (Å²) in [5, 5.41) is 3.35. The standard InChI is InChI=1S/C25H24F3N3O2/c26-25(27,28)18-10-13-23(17(14-18)15-30-19-4-1-2-5-19)33-20-11-8-16(9-12-20)21-6-3-7-22(31-21)24(29)32/h3,6-14,19,30H,1-2,4-5,15H2,(H2,29,32). The number of hydrogen-bond donors (Lipinski definition) is 2. The lowest BCUT2D eigenvalue weighted by molar-refractivity contribution is -0.137. The van der Waals surface area contributed by atoms with E-state index in [1.807, 2.05) is 0 Å². The first-order valence-electron chi connectivity index (χ1n) is 10.8. The number of hydrogen-bond acceptors (Lipinski definition) is 4. The zero-order valence-corrected chi connectivity index (χ0v) is 17.9. The van der Waals surface area contributed by atoms with Crippen LogP contribution in [-0.4, -0.2) is 16.9 Å². The molecule has 1 aromatic heterocycles. The number of carbonyl (C=O) groups excluding carboxylic acids is 1. The highest BCUT2D eigenvalue weighted by molar-refractivity contribution is 5.91. The third kappa shape index (κ3) is 5.70. The molecule has 0 radical (unpaired) electrons. The molecule has 172 valence electrons. The van der Waals surface area contributed by atoms with Crippen LogP contribution in [0, 0.1) is 0 Å². The van der Waals surface area contributed by atoms with Gasteiger partial charge in [-0.15, -0.1) is 0 Å². The zero-order chi connectivity index (χ0) is 23.4. The number of rotatable bonds is 7. The van der Waals surface area contributed by atoms with Crippen molar-refractivity contribution in [3.8, 4) is 22.8 Å². The molecular weight excluding hydrogens is 431 g/mol. The van der Waals surface area contributed by atoms with Gasteiger partial charge in [0.05, 0.1) is 11.3 Å². The predicted molar refractivity (Wildman–Crippen MR) is 119 cm³/mol. The Morgan fingerprint density at radius 2 is 1.79 bits per heavy atom. The molecule has 5 nitrogen and oxygen atoms in total. The summed E-state index contributed by atoms with van der Waals surface area (Å²) < 4.78 is 45.7. The summed E-state index contributed by atoms with van der Waals surface area (Å²) in [5.41, 5.74) is 6.54. The van der Waals surface area contributed by atoms with E-state index in [2.05, 4.69) is 10.3 Å². The van der Waals surface area contributed by atoms with E-state index < -0.39 is 17.6 Å². The van der Waals surface area contributed by atoms with Crippen LogP contribution in [0.4, 0.5) is 13.2 Å². The van der Waals surface area contributed by atoms with Crippen molar-refractivity contribution >= 4 is 5.91 Å². The van der Waals surface area contributed by atoms with Gasteiger partial charge in [0.2, 0.25) is 0 Å². The molecule has 8 heteroatoms. The summed E-state index contributed by atoms with van der Waals surface area (Å²) in [6.07, 6.45) is -0.0989. The number of benzene rings is 2. The van der Waals surface area contributed by atoms with Crippen molar-refractivity contribution in [3.63, 3.8) is 0 Å². The summed E-state index contributed by atoms with van der Waals surface area (Å²) in [6.45, 7) is 0.297. The van der Waals surface area contributed by atoms with Gasteiger partial charge in [0.15, 0.2) is 0 Å². The number of carbonyl (C=O) groups is 1. The molecule has 1 heterocycles. The Kier molecular flexibility index (Phi) is 6.65. The summed E-state index contributed by atoms with van der Waals surface area (Å²) in [6, 6.07) is 15.8. The maximum absolute atomic E-state index is 13.3. The predicted octanol–water partition coefficient (Wildman–Crippen LogP) is 5.69. The number of ether oxygens (including phenoxy) is 1. The fraction of sp³-hybridized carbons (Fsp3) is 0.280. The summed E-state index contributed by atoms with van der Waals surface area (Å²) in [4.78, 5) is 15.6. The maximum Gasteiger partial charge on any atom is 0.416 e. The molecular formula is C25H24F3N3O2. The van der Waals surface area contributed by atoms with Crippen molar-refractivity contribution < 1.29 is 22.7 Å². The Balaban J connectivity index is 1.54. The normalized spacial score (nSPS) is 14.4. The fourth-order valence-electron chi connectivity index (χ4n) is 3.93. The summed E-state index contributed by atoms with van der Waals surface area (Å²) >= 11 is 0. The number of pyridine rings is 1. The van der Waals surface area contributed by atoms with Crippen molar-refractivity contribution in [1.82, 2.24) is 10.3 Å². The first kappa shape index (κ1) is 22.8. The Morgan fingerprint density at radius 3 is 2.45 bits per heavy atom. The van der Waals surface area contributed by atoms with Crippen LogP contribution in [0.2, 0.25) is 0 Å². The van der Waals surface area contributed by atoms with Gasteiger partial charge in [0.25, 0.3) is 5.91 Å². The molecule has 0 saturated heterocycles. The van der Waals surface area contributed by atoms with E-state index in [1.165, 1.54) is 12.1 Å². The number of nitrogens with two attached hydrogens (primary N) is 1. The minimum Gasteiger partial charge on any atom is -0.457 e. The van der Waals surface area contributed by atoms with Gasteiger partial charge in [-0.2, -0.15) is 13.2 Å². The number of halogens is 3. The van der Waals surface area contributed by atoms with Crippen molar-refractivity contribution in [2.45, 2.75) is 44.4 Å². The van der Waals surface area contributed by atoms with Crippen LogP contribution in [0.3, 0.4) is 0 Å². The average Bonchev–Trinajstić information content (AvgIpc) is 3.32. The van der Waals surface area contributed by atoms with Gasteiger partial charge >= 0.3 is 6.18 Å². The lowest BCUT2D eigenvalue weighted by Crippen LogP contribution is -2.25. The Hall–Kier alpha value is -3.39. The van der Waals surface area contributed by atoms with E-state index in [1.54, 1.807) is 36.4 Å². The molecule has 3 aromatic rings. The minimum atomic E-state index is -4.42. The van der Waals surface area contributed by atoms with Crippen molar-refractivity contribution in [2.75, 3.05) is 0 Å². The molecule has 0 atom stereocenters. The lowest BCUT2D eigenvalue weighted by Gasteiger charge is -2.17. The lowest BCUT2D eigenvalue weighted by atomic mass is 10.1. The van der Waals surface area contributed by atoms with Crippen LogP contribution in [0.5, 0.6) is 11.5 Å². The summed E-state index contributed by atoms with van der Waals surface area (Å²) in [7, 11) is 0. The average molecular weight is 455 g/mol. The van der Waals surface area contributed by atoms with Crippen molar-refractivity contribution in [2.24, 2.45) is 5.73 Å². The van der Waals surface area contributed by atoms with E-state index in [4.69, 9.17) is 10.5 Å². The topological polar surface area (TPSA) is 77.2 Å². The number of aromatic nitrogens is 1. The van der Waals surface area contributed by atoms with E-state index in [0.29, 0.717) is 35.3 Å². The first-order valence-corrected chi connectivity index (χ1v) is 10.8. The van der Waals surface area contributed by atoms with Crippen LogP contribution < -0.4 is 15.8 Å². The maximum atomic E-state index is 13.3. The largest absolute Gasteiger partial charge is 0.457 e. The number of nitrogens with zero attached hydrogens (tertiary/aromatic N) is 1. The molecule has 1 aliphatic carbocycles. The highest BCUT2D eigenvalue weighted by Gasteiger charge is 2.31. The highest BCUT2D eigenvalue weighted by Crippen LogP contribution is 2.35. The van der Waals surface area contributed by atoms with E-state index in [0.717, 1.165) is 43.4 Å². The molecule has 1 saturated carbocycles. The highest BCUT2D eigenvalue weighted by atomic mass is 19.4. The van der Waals surface area contributed by atoms with Crippen LogP contribution >= 0.6 is 0 Å². The SMILES string of the molecule is NC(=O)c1cccc(-c2ccc(Oc3ccc(C(F)(F)F)cc3CNC3CCCC3)cc2)n1. The Bertz CT molecular complexity index is 1120. The van der Waals surface area contributed by atoms with E-state index in [-0.39, 0.29) is 5.69 Å². The number of nitrogens with one attached hydrogen (secondary N) is 1. The molecule has 33 heavy (non-hydrogen) atoms. The molecule has 1 amide bonds.